The predicted octanol–water partition coefficient (Wildman–Crippen LogP) is 4.93. The van der Waals surface area contributed by atoms with Gasteiger partial charge in [-0.1, -0.05) is 42.5 Å². The molecule has 3 aromatic rings. The van der Waals surface area contributed by atoms with Crippen LogP contribution in [0.5, 0.6) is 0 Å². The number of aromatic nitrogens is 1. The average molecular weight is 517 g/mol. The van der Waals surface area contributed by atoms with Crippen molar-refractivity contribution >= 4 is 23.2 Å². The average Bonchev–Trinajstić information content (AvgIpc) is 3.45. The molecule has 0 radical (unpaired) electrons. The molecule has 0 N–H and O–H groups in total. The molecule has 0 saturated carbocycles. The minimum atomic E-state index is -0.548. The van der Waals surface area contributed by atoms with Gasteiger partial charge in [-0.05, 0) is 48.9 Å². The maximum Gasteiger partial charge on any atom is 0.273 e. The van der Waals surface area contributed by atoms with Gasteiger partial charge in [0.15, 0.2) is 0 Å². The third kappa shape index (κ3) is 5.42. The van der Waals surface area contributed by atoms with Gasteiger partial charge in [-0.25, -0.2) is 9.37 Å². The van der Waals surface area contributed by atoms with Crippen LogP contribution in [0.2, 0.25) is 0 Å². The van der Waals surface area contributed by atoms with E-state index in [9.17, 15) is 19.2 Å². The van der Waals surface area contributed by atoms with E-state index in [4.69, 9.17) is 4.98 Å². The highest BCUT2D eigenvalue weighted by atomic mass is 32.1. The summed E-state index contributed by atoms with van der Waals surface area (Å²) in [6.07, 6.45) is 3.11. The number of likely N-dealkylation sites (tertiary alicyclic amines) is 2. The zero-order valence-corrected chi connectivity index (χ0v) is 21.4. The lowest BCUT2D eigenvalue weighted by atomic mass is 9.74. The Morgan fingerprint density at radius 1 is 1.00 bits per heavy atom. The Kier molecular flexibility index (Phi) is 7.33. The normalized spacial score (nSPS) is 17.8. The Morgan fingerprint density at radius 2 is 1.68 bits per heavy atom. The van der Waals surface area contributed by atoms with Gasteiger partial charge in [0, 0.05) is 37.5 Å². The van der Waals surface area contributed by atoms with Crippen LogP contribution >= 0.6 is 11.3 Å². The number of hydrogen-bond donors (Lipinski definition) is 0. The monoisotopic (exact) mass is 516 g/mol. The van der Waals surface area contributed by atoms with Crippen LogP contribution in [0, 0.1) is 17.1 Å². The zero-order valence-electron chi connectivity index (χ0n) is 20.6. The zero-order chi connectivity index (χ0) is 25.8. The summed E-state index contributed by atoms with van der Waals surface area (Å²) in [5.41, 5.74) is 1.75. The van der Waals surface area contributed by atoms with Gasteiger partial charge >= 0.3 is 0 Å². The number of nitrogens with zero attached hydrogens (tertiary/aromatic N) is 4. The van der Waals surface area contributed by atoms with E-state index in [0.717, 1.165) is 29.0 Å². The van der Waals surface area contributed by atoms with E-state index in [1.165, 1.54) is 23.5 Å². The summed E-state index contributed by atoms with van der Waals surface area (Å²) in [7, 11) is 0. The number of piperidine rings is 2. The van der Waals surface area contributed by atoms with E-state index in [2.05, 4.69) is 6.07 Å². The molecule has 190 valence electrons. The largest absolute Gasteiger partial charge is 0.342 e. The van der Waals surface area contributed by atoms with Crippen LogP contribution in [0.1, 0.15) is 58.2 Å². The van der Waals surface area contributed by atoms with Crippen molar-refractivity contribution in [3.63, 3.8) is 0 Å². The fourth-order valence-corrected chi connectivity index (χ4v) is 6.28. The summed E-state index contributed by atoms with van der Waals surface area (Å²) >= 11 is 1.51. The second-order valence-corrected chi connectivity index (χ2v) is 10.8. The van der Waals surface area contributed by atoms with Gasteiger partial charge in [-0.3, -0.25) is 9.59 Å². The van der Waals surface area contributed by atoms with Crippen LogP contribution in [0.3, 0.4) is 0 Å². The first-order valence-corrected chi connectivity index (χ1v) is 13.6. The molecule has 1 aromatic heterocycles. The van der Waals surface area contributed by atoms with Crippen LogP contribution in [0.15, 0.2) is 60.0 Å². The van der Waals surface area contributed by atoms with Crippen LogP contribution < -0.4 is 0 Å². The lowest BCUT2D eigenvalue weighted by Gasteiger charge is -2.37. The molecule has 2 aromatic carbocycles. The summed E-state index contributed by atoms with van der Waals surface area (Å²) in [5.74, 6) is -0.101. The van der Waals surface area contributed by atoms with Crippen molar-refractivity contribution in [3.05, 3.63) is 87.6 Å². The summed E-state index contributed by atoms with van der Waals surface area (Å²) in [6, 6.07) is 18.4. The number of benzene rings is 2. The van der Waals surface area contributed by atoms with Gasteiger partial charge in [0.2, 0.25) is 5.91 Å². The number of nitriles is 1. The molecule has 5 rings (SSSR count). The lowest BCUT2D eigenvalue weighted by molar-refractivity contribution is -0.131. The molecule has 0 spiro atoms. The first-order chi connectivity index (χ1) is 18.0. The standard InChI is InChI=1S/C29H29FN4O2S/c30-24-8-6-21(7-9-24)18-26(35)33-14-10-22(11-15-33)27-32-25(19-37-27)28(36)34-16-12-29(20-31,13-17-34)23-4-2-1-3-5-23/h1-9,19,22H,10-18H2. The maximum absolute atomic E-state index is 13.2. The van der Waals surface area contributed by atoms with E-state index in [1.54, 1.807) is 12.1 Å². The quantitative estimate of drug-likeness (QED) is 0.482. The highest BCUT2D eigenvalue weighted by Crippen LogP contribution is 2.36. The fraction of sp³-hybridized carbons (Fsp3) is 0.379. The number of amides is 2. The number of carbonyl (C=O) groups is 2. The second kappa shape index (κ2) is 10.8. The van der Waals surface area contributed by atoms with Crippen LogP contribution in [0.25, 0.3) is 0 Å². The Hall–Kier alpha value is -3.57. The number of carbonyl (C=O) groups excluding carboxylic acids is 2. The van der Waals surface area contributed by atoms with Crippen molar-refractivity contribution in [1.29, 1.82) is 5.26 Å². The van der Waals surface area contributed by atoms with Crippen LogP contribution in [-0.2, 0) is 16.6 Å². The minimum Gasteiger partial charge on any atom is -0.342 e. The van der Waals surface area contributed by atoms with Gasteiger partial charge in [-0.15, -0.1) is 11.3 Å². The molecule has 0 aliphatic carbocycles. The summed E-state index contributed by atoms with van der Waals surface area (Å²) in [5, 5.41) is 12.7. The molecule has 2 aliphatic rings. The minimum absolute atomic E-state index is 0.0501. The molecular weight excluding hydrogens is 487 g/mol. The van der Waals surface area contributed by atoms with Crippen LogP contribution in [0.4, 0.5) is 4.39 Å². The van der Waals surface area contributed by atoms with Gasteiger partial charge in [0.05, 0.1) is 22.9 Å². The molecule has 0 atom stereocenters. The molecule has 0 unspecified atom stereocenters. The van der Waals surface area contributed by atoms with E-state index in [-0.39, 0.29) is 30.0 Å². The Morgan fingerprint density at radius 3 is 2.32 bits per heavy atom. The van der Waals surface area contributed by atoms with Crippen molar-refractivity contribution in [1.82, 2.24) is 14.8 Å². The first kappa shape index (κ1) is 25.1. The van der Waals surface area contributed by atoms with Gasteiger partial charge in [0.25, 0.3) is 5.91 Å². The van der Waals surface area contributed by atoms with Crippen molar-refractivity contribution in [2.45, 2.75) is 43.4 Å². The third-order valence-corrected chi connectivity index (χ3v) is 8.66. The van der Waals surface area contributed by atoms with Crippen molar-refractivity contribution in [3.8, 4) is 6.07 Å². The van der Waals surface area contributed by atoms with Crippen molar-refractivity contribution < 1.29 is 14.0 Å². The van der Waals surface area contributed by atoms with E-state index >= 15 is 0 Å². The topological polar surface area (TPSA) is 77.3 Å². The van der Waals surface area contributed by atoms with Crippen LogP contribution in [-0.4, -0.2) is 52.8 Å². The summed E-state index contributed by atoms with van der Waals surface area (Å²) < 4.78 is 13.1. The second-order valence-electron chi connectivity index (χ2n) is 9.88. The Bertz CT molecular complexity index is 1290. The highest BCUT2D eigenvalue weighted by Gasteiger charge is 2.38. The van der Waals surface area contributed by atoms with Gasteiger partial charge in [-0.2, -0.15) is 5.26 Å². The smallest absolute Gasteiger partial charge is 0.273 e. The summed E-state index contributed by atoms with van der Waals surface area (Å²) in [4.78, 5) is 34.2. The molecule has 0 bridgehead atoms. The maximum atomic E-state index is 13.2. The number of thiazole rings is 1. The lowest BCUT2D eigenvalue weighted by Crippen LogP contribution is -2.44. The molecule has 2 saturated heterocycles. The number of halogens is 1. The van der Waals surface area contributed by atoms with Gasteiger partial charge < -0.3 is 9.80 Å². The molecule has 2 fully saturated rings. The summed E-state index contributed by atoms with van der Waals surface area (Å²) in [6.45, 7) is 2.36. The first-order valence-electron chi connectivity index (χ1n) is 12.7. The fourth-order valence-electron chi connectivity index (χ4n) is 5.31. The van der Waals surface area contributed by atoms with Crippen molar-refractivity contribution in [2.75, 3.05) is 26.2 Å². The number of rotatable bonds is 5. The van der Waals surface area contributed by atoms with Gasteiger partial charge in [0.1, 0.15) is 11.5 Å². The Balaban J connectivity index is 1.14. The Labute approximate surface area is 220 Å². The molecule has 2 aliphatic heterocycles. The van der Waals surface area contributed by atoms with E-state index in [0.29, 0.717) is 44.7 Å². The predicted molar refractivity (Wildman–Crippen MR) is 140 cm³/mol. The van der Waals surface area contributed by atoms with Crippen molar-refractivity contribution in [2.24, 2.45) is 0 Å². The molecule has 6 nitrogen and oxygen atoms in total. The molecular formula is C29H29FN4O2S. The molecule has 2 amide bonds. The number of hydrogen-bond acceptors (Lipinski definition) is 5. The third-order valence-electron chi connectivity index (χ3n) is 7.65. The van der Waals surface area contributed by atoms with E-state index in [1.807, 2.05) is 45.5 Å². The molecule has 37 heavy (non-hydrogen) atoms. The molecule has 8 heteroatoms. The van der Waals surface area contributed by atoms with E-state index < -0.39 is 5.41 Å². The molecule has 3 heterocycles. The SMILES string of the molecule is N#CC1(c2ccccc2)CCN(C(=O)c2csc(C3CCN(C(=O)Cc4ccc(F)cc4)CC3)n2)CC1. The highest BCUT2D eigenvalue weighted by molar-refractivity contribution is 7.09.